The first-order valence-corrected chi connectivity index (χ1v) is 9.74. The van der Waals surface area contributed by atoms with Crippen LogP contribution in [0.5, 0.6) is 0 Å². The van der Waals surface area contributed by atoms with Crippen LogP contribution < -0.4 is 5.32 Å². The van der Waals surface area contributed by atoms with Gasteiger partial charge in [0.25, 0.3) is 5.91 Å². The molecule has 1 spiro atoms. The number of hydrogen-bond acceptors (Lipinski definition) is 3. The largest absolute Gasteiger partial charge is 0.325 e. The zero-order valence-corrected chi connectivity index (χ0v) is 15.7. The van der Waals surface area contributed by atoms with Crippen molar-refractivity contribution in [2.24, 2.45) is 5.92 Å². The van der Waals surface area contributed by atoms with E-state index in [0.29, 0.717) is 12.0 Å². The van der Waals surface area contributed by atoms with E-state index in [1.54, 1.807) is 12.1 Å². The molecule has 1 aromatic carbocycles. The maximum absolute atomic E-state index is 12.9. The average Bonchev–Trinajstić information content (AvgIpc) is 2.88. The lowest BCUT2D eigenvalue weighted by atomic mass is 9.73. The number of carbonyl (C=O) groups is 3. The van der Waals surface area contributed by atoms with Gasteiger partial charge in [0.1, 0.15) is 5.54 Å². The number of imide groups is 1. The van der Waals surface area contributed by atoms with Gasteiger partial charge in [-0.25, -0.2) is 4.79 Å². The Balaban J connectivity index is 1.69. The van der Waals surface area contributed by atoms with Gasteiger partial charge >= 0.3 is 6.03 Å². The van der Waals surface area contributed by atoms with Crippen molar-refractivity contribution in [3.8, 4) is 0 Å². The van der Waals surface area contributed by atoms with Crippen molar-refractivity contribution in [1.82, 2.24) is 10.2 Å². The number of amides is 3. The van der Waals surface area contributed by atoms with Gasteiger partial charge in [-0.1, -0.05) is 57.4 Å². The van der Waals surface area contributed by atoms with E-state index in [4.69, 9.17) is 0 Å². The third kappa shape index (κ3) is 3.39. The minimum absolute atomic E-state index is 0.102. The molecule has 1 N–H and O–H groups in total. The number of unbranched alkanes of at least 4 members (excludes halogenated alkanes) is 1. The number of nitrogens with zero attached hydrogens (tertiary/aromatic N) is 1. The molecule has 2 aliphatic rings. The van der Waals surface area contributed by atoms with Crippen LogP contribution in [0, 0.1) is 5.92 Å². The van der Waals surface area contributed by atoms with E-state index in [0.717, 1.165) is 43.4 Å². The fraction of sp³-hybridized carbons (Fsp3) is 0.571. The molecule has 3 amide bonds. The number of nitrogens with one attached hydrogen (secondary N) is 1. The van der Waals surface area contributed by atoms with Gasteiger partial charge in [-0.2, -0.15) is 0 Å². The molecule has 1 heterocycles. The summed E-state index contributed by atoms with van der Waals surface area (Å²) >= 11 is 0. The molecule has 0 bridgehead atoms. The normalized spacial score (nSPS) is 25.6. The zero-order valence-electron chi connectivity index (χ0n) is 15.7. The second-order valence-corrected chi connectivity index (χ2v) is 7.66. The van der Waals surface area contributed by atoms with E-state index >= 15 is 0 Å². The molecule has 0 aromatic heterocycles. The fourth-order valence-corrected chi connectivity index (χ4v) is 4.11. The molecular formula is C21H28N2O3. The summed E-state index contributed by atoms with van der Waals surface area (Å²) in [4.78, 5) is 39.0. The Bertz CT molecular complexity index is 698. The van der Waals surface area contributed by atoms with Gasteiger partial charge in [0.05, 0.1) is 6.54 Å². The standard InChI is InChI=1S/C21H28N2O3/c1-3-4-8-16-9-11-17(12-10-16)18(24)14-23-19(25)21(22-20(23)26)13-6-5-7-15(21)2/h9-12,15H,3-8,13-14H2,1-2H3,(H,22,26)/t15-,21-/m1/s1. The van der Waals surface area contributed by atoms with Gasteiger partial charge in [-0.3, -0.25) is 14.5 Å². The monoisotopic (exact) mass is 356 g/mol. The molecule has 140 valence electrons. The molecule has 0 unspecified atom stereocenters. The SMILES string of the molecule is CCCCc1ccc(C(=O)CN2C(=O)N[C@@]3(CCCC[C@H]3C)C2=O)cc1. The van der Waals surface area contributed by atoms with Crippen LogP contribution in [-0.2, 0) is 11.2 Å². The van der Waals surface area contributed by atoms with Crippen LogP contribution in [0.25, 0.3) is 0 Å². The Morgan fingerprint density at radius 3 is 2.62 bits per heavy atom. The van der Waals surface area contributed by atoms with Crippen molar-refractivity contribution in [1.29, 1.82) is 0 Å². The molecule has 1 saturated heterocycles. The highest BCUT2D eigenvalue weighted by molar-refractivity contribution is 6.11. The Labute approximate surface area is 155 Å². The van der Waals surface area contributed by atoms with E-state index in [1.807, 2.05) is 19.1 Å². The summed E-state index contributed by atoms with van der Waals surface area (Å²) < 4.78 is 0. The first kappa shape index (κ1) is 18.6. The van der Waals surface area contributed by atoms with Crippen molar-refractivity contribution < 1.29 is 14.4 Å². The maximum atomic E-state index is 12.9. The van der Waals surface area contributed by atoms with Gasteiger partial charge in [0.2, 0.25) is 0 Å². The molecule has 3 rings (SSSR count). The summed E-state index contributed by atoms with van der Waals surface area (Å²) in [6, 6.07) is 7.07. The van der Waals surface area contributed by atoms with E-state index < -0.39 is 11.6 Å². The van der Waals surface area contributed by atoms with Gasteiger partial charge in [0.15, 0.2) is 5.78 Å². The van der Waals surface area contributed by atoms with Crippen LogP contribution >= 0.6 is 0 Å². The molecular weight excluding hydrogens is 328 g/mol. The highest BCUT2D eigenvalue weighted by Crippen LogP contribution is 2.38. The first-order valence-electron chi connectivity index (χ1n) is 9.74. The van der Waals surface area contributed by atoms with Crippen LogP contribution in [0.15, 0.2) is 24.3 Å². The lowest BCUT2D eigenvalue weighted by Gasteiger charge is -2.36. The predicted molar refractivity (Wildman–Crippen MR) is 100.0 cm³/mol. The van der Waals surface area contributed by atoms with Crippen LogP contribution in [0.3, 0.4) is 0 Å². The third-order valence-corrected chi connectivity index (χ3v) is 5.90. The Morgan fingerprint density at radius 2 is 1.96 bits per heavy atom. The number of aryl methyl sites for hydroxylation is 1. The van der Waals surface area contributed by atoms with Gasteiger partial charge in [-0.05, 0) is 37.2 Å². The van der Waals surface area contributed by atoms with E-state index in [1.165, 1.54) is 5.56 Å². The Morgan fingerprint density at radius 1 is 1.23 bits per heavy atom. The van der Waals surface area contributed by atoms with Crippen LogP contribution in [0.2, 0.25) is 0 Å². The Hall–Kier alpha value is -2.17. The van der Waals surface area contributed by atoms with E-state index in [-0.39, 0.29) is 24.2 Å². The smallest absolute Gasteiger partial charge is 0.323 e. The summed E-state index contributed by atoms with van der Waals surface area (Å²) in [7, 11) is 0. The summed E-state index contributed by atoms with van der Waals surface area (Å²) in [6.45, 7) is 3.97. The highest BCUT2D eigenvalue weighted by Gasteiger charge is 2.55. The number of urea groups is 1. The van der Waals surface area contributed by atoms with Crippen molar-refractivity contribution >= 4 is 17.7 Å². The average molecular weight is 356 g/mol. The van der Waals surface area contributed by atoms with Crippen LogP contribution in [-0.4, -0.2) is 34.7 Å². The first-order chi connectivity index (χ1) is 12.5. The lowest BCUT2D eigenvalue weighted by molar-refractivity contribution is -0.133. The van der Waals surface area contributed by atoms with Gasteiger partial charge in [-0.15, -0.1) is 0 Å². The number of ketones is 1. The zero-order chi connectivity index (χ0) is 18.7. The maximum Gasteiger partial charge on any atom is 0.325 e. The molecule has 5 nitrogen and oxygen atoms in total. The molecule has 1 aliphatic carbocycles. The Kier molecular flexibility index (Phi) is 5.44. The van der Waals surface area contributed by atoms with E-state index in [9.17, 15) is 14.4 Å². The summed E-state index contributed by atoms with van der Waals surface area (Å²) in [5.41, 5.74) is 0.941. The van der Waals surface area contributed by atoms with Crippen molar-refractivity contribution in [2.45, 2.75) is 64.3 Å². The molecule has 1 saturated carbocycles. The van der Waals surface area contributed by atoms with Crippen molar-refractivity contribution in [2.75, 3.05) is 6.54 Å². The molecule has 1 aromatic rings. The van der Waals surface area contributed by atoms with Gasteiger partial charge in [0, 0.05) is 5.56 Å². The number of Topliss-reactive ketones (excluding diaryl/α,β-unsaturated/α-hetero) is 1. The number of hydrogen-bond donors (Lipinski definition) is 1. The lowest BCUT2D eigenvalue weighted by Crippen LogP contribution is -2.54. The second kappa shape index (κ2) is 7.60. The summed E-state index contributed by atoms with van der Waals surface area (Å²) in [5, 5.41) is 2.89. The molecule has 0 radical (unpaired) electrons. The quantitative estimate of drug-likeness (QED) is 0.624. The molecule has 26 heavy (non-hydrogen) atoms. The minimum Gasteiger partial charge on any atom is -0.323 e. The molecule has 5 heteroatoms. The third-order valence-electron chi connectivity index (χ3n) is 5.90. The van der Waals surface area contributed by atoms with Crippen molar-refractivity contribution in [3.63, 3.8) is 0 Å². The fourth-order valence-electron chi connectivity index (χ4n) is 4.11. The summed E-state index contributed by atoms with van der Waals surface area (Å²) in [6.07, 6.45) is 6.84. The topological polar surface area (TPSA) is 66.5 Å². The summed E-state index contributed by atoms with van der Waals surface area (Å²) in [5.74, 6) is -0.329. The number of benzene rings is 1. The highest BCUT2D eigenvalue weighted by atomic mass is 16.2. The van der Waals surface area contributed by atoms with Crippen LogP contribution in [0.1, 0.15) is 68.3 Å². The minimum atomic E-state index is -0.806. The van der Waals surface area contributed by atoms with Crippen LogP contribution in [0.4, 0.5) is 4.79 Å². The molecule has 2 atom stereocenters. The number of carbonyl (C=O) groups excluding carboxylic acids is 3. The molecule has 2 fully saturated rings. The molecule has 1 aliphatic heterocycles. The second-order valence-electron chi connectivity index (χ2n) is 7.66. The van der Waals surface area contributed by atoms with Crippen molar-refractivity contribution in [3.05, 3.63) is 35.4 Å². The van der Waals surface area contributed by atoms with E-state index in [2.05, 4.69) is 12.2 Å². The van der Waals surface area contributed by atoms with Gasteiger partial charge < -0.3 is 5.32 Å². The predicted octanol–water partition coefficient (Wildman–Crippen LogP) is 3.71. The number of rotatable bonds is 6.